The normalized spacial score (nSPS) is 18.9. The van der Waals surface area contributed by atoms with E-state index in [1.54, 1.807) is 17.0 Å². The zero-order valence-corrected chi connectivity index (χ0v) is 17.7. The smallest absolute Gasteiger partial charge is 0.335 e. The van der Waals surface area contributed by atoms with Gasteiger partial charge in [0.1, 0.15) is 5.82 Å². The van der Waals surface area contributed by atoms with Gasteiger partial charge < -0.3 is 14.7 Å². The van der Waals surface area contributed by atoms with Crippen molar-refractivity contribution in [1.29, 1.82) is 0 Å². The number of ether oxygens (including phenoxy) is 1. The van der Waals surface area contributed by atoms with E-state index in [-0.39, 0.29) is 35.1 Å². The quantitative estimate of drug-likeness (QED) is 0.515. The van der Waals surface area contributed by atoms with Crippen LogP contribution in [0.15, 0.2) is 42.5 Å². The summed E-state index contributed by atoms with van der Waals surface area (Å²) in [6.07, 6.45) is 0. The van der Waals surface area contributed by atoms with Crippen molar-refractivity contribution in [3.8, 4) is 5.75 Å². The fourth-order valence-corrected chi connectivity index (χ4v) is 3.73. The Morgan fingerprint density at radius 1 is 1.16 bits per heavy atom. The van der Waals surface area contributed by atoms with E-state index in [1.807, 2.05) is 13.8 Å². The second kappa shape index (κ2) is 9.73. The molecule has 2 aromatic carbocycles. The molecule has 1 heterocycles. The van der Waals surface area contributed by atoms with Gasteiger partial charge in [-0.2, -0.15) is 0 Å². The van der Waals surface area contributed by atoms with Crippen molar-refractivity contribution in [2.45, 2.75) is 32.5 Å². The van der Waals surface area contributed by atoms with Gasteiger partial charge in [-0.15, -0.1) is 0 Å². The lowest BCUT2D eigenvalue weighted by Crippen LogP contribution is -2.58. The molecule has 1 fully saturated rings. The van der Waals surface area contributed by atoms with E-state index in [4.69, 9.17) is 9.84 Å². The molecule has 10 heteroatoms. The second-order valence-electron chi connectivity index (χ2n) is 7.83. The van der Waals surface area contributed by atoms with Gasteiger partial charge in [0.05, 0.1) is 10.5 Å². The van der Waals surface area contributed by atoms with Crippen molar-refractivity contribution in [3.05, 3.63) is 69.5 Å². The highest BCUT2D eigenvalue weighted by Gasteiger charge is 2.32. The Morgan fingerprint density at radius 2 is 1.84 bits per heavy atom. The number of nitro groups is 1. The number of nitrogens with zero attached hydrogens (tertiary/aromatic N) is 3. The number of rotatable bonds is 7. The van der Waals surface area contributed by atoms with Crippen molar-refractivity contribution >= 4 is 17.6 Å². The minimum Gasteiger partial charge on any atom is -0.478 e. The summed E-state index contributed by atoms with van der Waals surface area (Å²) in [6, 6.07) is 9.39. The fraction of sp³-hybridized carbons (Fsp3) is 0.364. The number of carbonyl (C=O) groups is 2. The second-order valence-corrected chi connectivity index (χ2v) is 7.83. The van der Waals surface area contributed by atoms with Gasteiger partial charge in [-0.3, -0.25) is 19.8 Å². The first-order valence-electron chi connectivity index (χ1n) is 10.1. The molecule has 2 atom stereocenters. The molecule has 1 aliphatic heterocycles. The molecule has 2 aromatic rings. The Morgan fingerprint density at radius 3 is 2.47 bits per heavy atom. The molecule has 3 rings (SSSR count). The molecule has 0 bridgehead atoms. The molecule has 1 amide bonds. The zero-order chi connectivity index (χ0) is 23.4. The van der Waals surface area contributed by atoms with Crippen molar-refractivity contribution in [1.82, 2.24) is 9.80 Å². The Labute approximate surface area is 184 Å². The van der Waals surface area contributed by atoms with E-state index in [1.165, 1.54) is 12.1 Å². The summed E-state index contributed by atoms with van der Waals surface area (Å²) in [4.78, 5) is 38.3. The van der Waals surface area contributed by atoms with Crippen LogP contribution in [-0.4, -0.2) is 63.5 Å². The van der Waals surface area contributed by atoms with Crippen molar-refractivity contribution < 1.29 is 28.7 Å². The number of benzene rings is 2. The Kier molecular flexibility index (Phi) is 7.04. The summed E-state index contributed by atoms with van der Waals surface area (Å²) in [6.45, 7) is 5.09. The van der Waals surface area contributed by atoms with Crippen LogP contribution in [0, 0.1) is 15.9 Å². The molecular weight excluding hydrogens is 421 g/mol. The van der Waals surface area contributed by atoms with Crippen LogP contribution in [-0.2, 0) is 11.3 Å². The molecule has 1 aliphatic rings. The first-order valence-corrected chi connectivity index (χ1v) is 10.1. The molecule has 0 spiro atoms. The van der Waals surface area contributed by atoms with Gasteiger partial charge in [0.15, 0.2) is 12.4 Å². The number of carboxylic acids is 1. The van der Waals surface area contributed by atoms with Crippen LogP contribution in [0.3, 0.4) is 0 Å². The van der Waals surface area contributed by atoms with Crippen LogP contribution >= 0.6 is 0 Å². The Bertz CT molecular complexity index is 1010. The van der Waals surface area contributed by atoms with Crippen LogP contribution in [0.25, 0.3) is 0 Å². The molecule has 2 unspecified atom stereocenters. The van der Waals surface area contributed by atoms with Crippen molar-refractivity contribution in [2.24, 2.45) is 0 Å². The highest BCUT2D eigenvalue weighted by atomic mass is 19.1. The van der Waals surface area contributed by atoms with Crippen LogP contribution < -0.4 is 4.74 Å². The molecule has 9 nitrogen and oxygen atoms in total. The molecule has 0 saturated carbocycles. The summed E-state index contributed by atoms with van der Waals surface area (Å²) >= 11 is 0. The predicted molar refractivity (Wildman–Crippen MR) is 113 cm³/mol. The van der Waals surface area contributed by atoms with E-state index in [9.17, 15) is 24.1 Å². The number of aromatic carboxylic acids is 1. The van der Waals surface area contributed by atoms with E-state index >= 15 is 0 Å². The van der Waals surface area contributed by atoms with Crippen molar-refractivity contribution in [3.63, 3.8) is 0 Å². The van der Waals surface area contributed by atoms with Gasteiger partial charge in [0, 0.05) is 43.9 Å². The first-order chi connectivity index (χ1) is 15.2. The summed E-state index contributed by atoms with van der Waals surface area (Å²) in [5.74, 6) is -2.16. The monoisotopic (exact) mass is 445 g/mol. The standard InChI is InChI=1S/C22H24FN3O6/c1-14-11-25(15(2)10-24(14)12-16-3-6-18(23)7-4-16)21(27)13-32-20-9-17(22(28)29)5-8-19(20)26(30)31/h3-9,14-15H,10-13H2,1-2H3,(H,28,29). The van der Waals surface area contributed by atoms with Crippen LogP contribution in [0.5, 0.6) is 5.75 Å². The maximum Gasteiger partial charge on any atom is 0.335 e. The van der Waals surface area contributed by atoms with Crippen molar-refractivity contribution in [2.75, 3.05) is 19.7 Å². The third-order valence-electron chi connectivity index (χ3n) is 5.49. The number of nitro benzene ring substituents is 1. The first kappa shape index (κ1) is 23.1. The molecule has 0 aliphatic carbocycles. The van der Waals surface area contributed by atoms with Gasteiger partial charge in [0.25, 0.3) is 5.91 Å². The lowest BCUT2D eigenvalue weighted by Gasteiger charge is -2.44. The van der Waals surface area contributed by atoms with E-state index in [2.05, 4.69) is 4.90 Å². The Hall–Kier alpha value is -3.53. The van der Waals surface area contributed by atoms with Crippen LogP contribution in [0.4, 0.5) is 10.1 Å². The summed E-state index contributed by atoms with van der Waals surface area (Å²) < 4.78 is 18.5. The maximum absolute atomic E-state index is 13.1. The average molecular weight is 445 g/mol. The number of piperazine rings is 1. The minimum atomic E-state index is -1.25. The summed E-state index contributed by atoms with van der Waals surface area (Å²) in [5, 5.41) is 20.3. The van der Waals surface area contributed by atoms with Gasteiger partial charge in [-0.05, 0) is 37.6 Å². The fourth-order valence-electron chi connectivity index (χ4n) is 3.73. The van der Waals surface area contributed by atoms with E-state index in [0.717, 1.165) is 23.8 Å². The van der Waals surface area contributed by atoms with Gasteiger partial charge in [0.2, 0.25) is 0 Å². The number of carbonyl (C=O) groups excluding carboxylic acids is 1. The molecule has 0 aromatic heterocycles. The van der Waals surface area contributed by atoms with Gasteiger partial charge in [-0.25, -0.2) is 9.18 Å². The predicted octanol–water partition coefficient (Wildman–Crippen LogP) is 2.93. The minimum absolute atomic E-state index is 0.0323. The number of hydrogen-bond acceptors (Lipinski definition) is 6. The molecule has 1 N–H and O–H groups in total. The summed E-state index contributed by atoms with van der Waals surface area (Å²) in [7, 11) is 0. The lowest BCUT2D eigenvalue weighted by atomic mass is 10.1. The Balaban J connectivity index is 1.64. The maximum atomic E-state index is 13.1. The molecule has 170 valence electrons. The average Bonchev–Trinajstić information content (AvgIpc) is 2.75. The highest BCUT2D eigenvalue weighted by Crippen LogP contribution is 2.28. The lowest BCUT2D eigenvalue weighted by molar-refractivity contribution is -0.385. The third kappa shape index (κ3) is 5.38. The number of carboxylic acid groups (broad SMARTS) is 1. The summed E-state index contributed by atoms with van der Waals surface area (Å²) in [5.41, 5.74) is 0.391. The largest absolute Gasteiger partial charge is 0.478 e. The van der Waals surface area contributed by atoms with Crippen LogP contribution in [0.1, 0.15) is 29.8 Å². The highest BCUT2D eigenvalue weighted by molar-refractivity contribution is 5.88. The number of hydrogen-bond donors (Lipinski definition) is 1. The number of halogens is 1. The molecule has 32 heavy (non-hydrogen) atoms. The van der Waals surface area contributed by atoms with Crippen LogP contribution in [0.2, 0.25) is 0 Å². The molecule has 0 radical (unpaired) electrons. The SMILES string of the molecule is CC1CN(C(=O)COc2cc(C(=O)O)ccc2[N+](=O)[O-])C(C)CN1Cc1ccc(F)cc1. The third-order valence-corrected chi connectivity index (χ3v) is 5.49. The molecular formula is C22H24FN3O6. The van der Waals surface area contributed by atoms with Gasteiger partial charge in [-0.1, -0.05) is 12.1 Å². The topological polar surface area (TPSA) is 113 Å². The van der Waals surface area contributed by atoms with E-state index in [0.29, 0.717) is 19.6 Å². The molecule has 1 saturated heterocycles. The van der Waals surface area contributed by atoms with E-state index < -0.39 is 23.2 Å². The van der Waals surface area contributed by atoms with Gasteiger partial charge >= 0.3 is 11.7 Å². The number of amides is 1. The zero-order valence-electron chi connectivity index (χ0n) is 17.7.